The summed E-state index contributed by atoms with van der Waals surface area (Å²) in [5.74, 6) is 0.843. The van der Waals surface area contributed by atoms with Gasteiger partial charge in [-0.3, -0.25) is 9.55 Å². The molecule has 0 spiro atoms. The number of halogens is 1. The van der Waals surface area contributed by atoms with E-state index in [1.54, 1.807) is 19.2 Å². The molecule has 2 aromatic heterocycles. The Balaban J connectivity index is 1.89. The number of hydrogen-bond donors (Lipinski definition) is 1. The van der Waals surface area contributed by atoms with Crippen LogP contribution in [-0.2, 0) is 13.6 Å². The van der Waals surface area contributed by atoms with E-state index in [1.165, 1.54) is 15.4 Å². The number of aliphatic hydroxyl groups is 1. The lowest BCUT2D eigenvalue weighted by Crippen LogP contribution is -2.35. The van der Waals surface area contributed by atoms with Crippen LogP contribution in [0, 0.1) is 5.92 Å². The Kier molecular flexibility index (Phi) is 3.35. The van der Waals surface area contributed by atoms with Gasteiger partial charge in [-0.25, -0.2) is 9.48 Å². The van der Waals surface area contributed by atoms with Gasteiger partial charge in [0.05, 0.1) is 11.1 Å². The Morgan fingerprint density at radius 1 is 1.45 bits per heavy atom. The van der Waals surface area contributed by atoms with Crippen LogP contribution in [0.5, 0.6) is 0 Å². The molecule has 0 unspecified atom stereocenters. The average molecular weight is 295 g/mol. The van der Waals surface area contributed by atoms with Crippen molar-refractivity contribution >= 4 is 11.6 Å². The summed E-state index contributed by atoms with van der Waals surface area (Å²) in [4.78, 5) is 16.3. The molecule has 0 bridgehead atoms. The number of nitrogens with zero attached hydrogens (tertiary/aromatic N) is 4. The zero-order valence-corrected chi connectivity index (χ0v) is 11.8. The molecule has 1 aliphatic carbocycles. The van der Waals surface area contributed by atoms with Gasteiger partial charge in [-0.15, -0.1) is 5.10 Å². The third-order valence-electron chi connectivity index (χ3n) is 3.64. The zero-order chi connectivity index (χ0) is 14.3. The number of hydrogen-bond acceptors (Lipinski definition) is 4. The van der Waals surface area contributed by atoms with E-state index in [1.807, 2.05) is 0 Å². The van der Waals surface area contributed by atoms with Crippen LogP contribution in [0.3, 0.4) is 0 Å². The molecule has 7 heteroatoms. The van der Waals surface area contributed by atoms with Crippen molar-refractivity contribution < 1.29 is 5.11 Å². The lowest BCUT2D eigenvalue weighted by atomic mass is 9.82. The maximum Gasteiger partial charge on any atom is 0.345 e. The third kappa shape index (κ3) is 2.36. The van der Waals surface area contributed by atoms with E-state index in [9.17, 15) is 9.90 Å². The smallest absolute Gasteiger partial charge is 0.345 e. The van der Waals surface area contributed by atoms with Crippen molar-refractivity contribution in [2.75, 3.05) is 0 Å². The third-order valence-corrected chi connectivity index (χ3v) is 3.86. The maximum atomic E-state index is 12.1. The van der Waals surface area contributed by atoms with Crippen molar-refractivity contribution in [3.05, 3.63) is 33.8 Å². The fourth-order valence-corrected chi connectivity index (χ4v) is 2.54. The second-order valence-electron chi connectivity index (χ2n) is 5.20. The zero-order valence-electron chi connectivity index (χ0n) is 11.0. The molecule has 1 fully saturated rings. The summed E-state index contributed by atoms with van der Waals surface area (Å²) in [5, 5.41) is 14.2. The highest BCUT2D eigenvalue weighted by Gasteiger charge is 2.28. The second kappa shape index (κ2) is 5.03. The molecule has 1 saturated carbocycles. The topological polar surface area (TPSA) is 72.9 Å². The van der Waals surface area contributed by atoms with Gasteiger partial charge in [-0.1, -0.05) is 11.6 Å². The number of pyridine rings is 1. The van der Waals surface area contributed by atoms with Gasteiger partial charge >= 0.3 is 5.69 Å². The van der Waals surface area contributed by atoms with E-state index in [0.717, 1.165) is 12.8 Å². The molecule has 20 heavy (non-hydrogen) atoms. The quantitative estimate of drug-likeness (QED) is 0.919. The summed E-state index contributed by atoms with van der Waals surface area (Å²) in [6.45, 7) is 0.539. The highest BCUT2D eigenvalue weighted by Crippen LogP contribution is 2.28. The van der Waals surface area contributed by atoms with Crippen LogP contribution in [0.15, 0.2) is 23.1 Å². The normalized spacial score (nSPS) is 21.8. The average Bonchev–Trinajstić information content (AvgIpc) is 2.66. The monoisotopic (exact) mass is 294 g/mol. The fraction of sp³-hybridized carbons (Fsp3) is 0.462. The lowest BCUT2D eigenvalue weighted by Gasteiger charge is -2.30. The van der Waals surface area contributed by atoms with Gasteiger partial charge in [-0.05, 0) is 30.9 Å². The standard InChI is InChI=1S/C13H15ClN4O2/c1-17-12(11-3-2-9(14)6-15-11)16-18(13(17)20)7-8-4-10(19)5-8/h2-3,6,8,10,19H,4-5,7H2,1H3. The van der Waals surface area contributed by atoms with E-state index in [2.05, 4.69) is 10.1 Å². The van der Waals surface area contributed by atoms with Crippen molar-refractivity contribution in [3.63, 3.8) is 0 Å². The first-order chi connectivity index (χ1) is 9.54. The largest absolute Gasteiger partial charge is 0.393 e. The first-order valence-electron chi connectivity index (χ1n) is 6.48. The highest BCUT2D eigenvalue weighted by atomic mass is 35.5. The van der Waals surface area contributed by atoms with Crippen LogP contribution < -0.4 is 5.69 Å². The van der Waals surface area contributed by atoms with Crippen molar-refractivity contribution in [2.45, 2.75) is 25.5 Å². The maximum absolute atomic E-state index is 12.1. The van der Waals surface area contributed by atoms with Gasteiger partial charge in [0, 0.05) is 19.8 Å². The molecular formula is C13H15ClN4O2. The van der Waals surface area contributed by atoms with Gasteiger partial charge in [0.15, 0.2) is 5.82 Å². The minimum atomic E-state index is -0.225. The predicted molar refractivity (Wildman–Crippen MR) is 74.4 cm³/mol. The molecule has 106 valence electrons. The van der Waals surface area contributed by atoms with Crippen molar-refractivity contribution in [3.8, 4) is 11.5 Å². The first-order valence-corrected chi connectivity index (χ1v) is 6.86. The van der Waals surface area contributed by atoms with Crippen LogP contribution in [0.1, 0.15) is 12.8 Å². The molecule has 0 saturated heterocycles. The Morgan fingerprint density at radius 2 is 2.20 bits per heavy atom. The minimum Gasteiger partial charge on any atom is -0.393 e. The number of rotatable bonds is 3. The summed E-state index contributed by atoms with van der Waals surface area (Å²) >= 11 is 5.80. The van der Waals surface area contributed by atoms with Crippen molar-refractivity contribution in [1.29, 1.82) is 0 Å². The lowest BCUT2D eigenvalue weighted by molar-refractivity contribution is 0.0331. The second-order valence-corrected chi connectivity index (χ2v) is 5.64. The summed E-state index contributed by atoms with van der Waals surface area (Å²) in [5.41, 5.74) is 0.444. The summed E-state index contributed by atoms with van der Waals surface area (Å²) in [7, 11) is 1.67. The van der Waals surface area contributed by atoms with Gasteiger partial charge in [0.25, 0.3) is 0 Å². The van der Waals surface area contributed by atoms with Gasteiger partial charge in [0.2, 0.25) is 0 Å². The van der Waals surface area contributed by atoms with E-state index in [-0.39, 0.29) is 11.8 Å². The molecule has 1 N–H and O–H groups in total. The van der Waals surface area contributed by atoms with Gasteiger partial charge in [0.1, 0.15) is 5.69 Å². The molecule has 0 aromatic carbocycles. The Bertz CT molecular complexity index is 671. The van der Waals surface area contributed by atoms with Crippen LogP contribution in [-0.4, -0.2) is 30.5 Å². The van der Waals surface area contributed by atoms with Crippen LogP contribution >= 0.6 is 11.6 Å². The number of aliphatic hydroxyl groups excluding tert-OH is 1. The fourth-order valence-electron chi connectivity index (χ4n) is 2.43. The molecule has 6 nitrogen and oxygen atoms in total. The molecule has 0 atom stereocenters. The van der Waals surface area contributed by atoms with Crippen molar-refractivity contribution in [1.82, 2.24) is 19.3 Å². The van der Waals surface area contributed by atoms with E-state index < -0.39 is 0 Å². The van der Waals surface area contributed by atoms with E-state index in [0.29, 0.717) is 29.0 Å². The molecule has 0 amide bonds. The molecule has 0 radical (unpaired) electrons. The number of aromatic nitrogens is 4. The first kappa shape index (κ1) is 13.3. The SMILES string of the molecule is Cn1c(-c2ccc(Cl)cn2)nn(CC2CC(O)C2)c1=O. The molecule has 2 aromatic rings. The summed E-state index contributed by atoms with van der Waals surface area (Å²) < 4.78 is 2.92. The Hall–Kier alpha value is -1.66. The Morgan fingerprint density at radius 3 is 2.80 bits per heavy atom. The predicted octanol–water partition coefficient (Wildman–Crippen LogP) is 1.07. The van der Waals surface area contributed by atoms with E-state index in [4.69, 9.17) is 11.6 Å². The molecule has 1 aliphatic rings. The summed E-state index contributed by atoms with van der Waals surface area (Å²) in [6.07, 6.45) is 2.77. The molecular weight excluding hydrogens is 280 g/mol. The van der Waals surface area contributed by atoms with Crippen molar-refractivity contribution in [2.24, 2.45) is 13.0 Å². The van der Waals surface area contributed by atoms with E-state index >= 15 is 0 Å². The molecule has 3 rings (SSSR count). The molecule has 0 aliphatic heterocycles. The Labute approximate surface area is 120 Å². The van der Waals surface area contributed by atoms with Crippen LogP contribution in [0.25, 0.3) is 11.5 Å². The molecule has 2 heterocycles. The summed E-state index contributed by atoms with van der Waals surface area (Å²) in [6, 6.07) is 3.46. The van der Waals surface area contributed by atoms with Gasteiger partial charge in [-0.2, -0.15) is 0 Å². The van der Waals surface area contributed by atoms with Crippen LogP contribution in [0.2, 0.25) is 5.02 Å². The van der Waals surface area contributed by atoms with Crippen LogP contribution in [0.4, 0.5) is 0 Å². The highest BCUT2D eigenvalue weighted by molar-refractivity contribution is 6.30. The minimum absolute atomic E-state index is 0.168. The van der Waals surface area contributed by atoms with Gasteiger partial charge < -0.3 is 5.11 Å².